The van der Waals surface area contributed by atoms with Gasteiger partial charge in [0.15, 0.2) is 0 Å². The van der Waals surface area contributed by atoms with Crippen molar-refractivity contribution < 1.29 is 19.5 Å². The molecule has 3 heteroatoms. The maximum Gasteiger partial charge on any atom is 0.0571 e. The molecule has 0 heterocycles. The van der Waals surface area contributed by atoms with Gasteiger partial charge in [-0.2, -0.15) is 0 Å². The Hall–Kier alpha value is 1.48. The molecule has 0 aromatic rings. The third kappa shape index (κ3) is 51.5. The summed E-state index contributed by atoms with van der Waals surface area (Å²) in [5.74, 6) is 0. The van der Waals surface area contributed by atoms with Crippen LogP contribution < -0.4 is 0 Å². The maximum atomic E-state index is 2.32. The fourth-order valence-corrected chi connectivity index (χ4v) is 13.7. The van der Waals surface area contributed by atoms with E-state index >= 15 is 0 Å². The second-order valence-electron chi connectivity index (χ2n) is 16.6. The molecule has 0 saturated heterocycles. The number of hydrogen-bond acceptors (Lipinski definition) is 0. The SMILES string of the molecule is CCCCCCCC[PH+](CCCCCCCC)CCCCCCCC.CCCCCCCC[PH+](CCCCCCCC)CCCCCCCC.[Ru]. The van der Waals surface area contributed by atoms with Crippen LogP contribution in [0.4, 0.5) is 0 Å². The zero-order valence-corrected chi connectivity index (χ0v) is 40.8. The minimum Gasteiger partial charge on any atom is -0.0654 e. The Morgan fingerprint density at radius 1 is 0.176 bits per heavy atom. The summed E-state index contributed by atoms with van der Waals surface area (Å²) < 4.78 is 0. The van der Waals surface area contributed by atoms with Crippen LogP contribution in [0.2, 0.25) is 0 Å². The predicted molar refractivity (Wildman–Crippen MR) is 246 cm³/mol. The predicted octanol–water partition coefficient (Wildman–Crippen LogP) is 18.6. The number of rotatable bonds is 42. The molecule has 0 rings (SSSR count). The molecule has 0 amide bonds. The minimum atomic E-state index is -0.0222. The first kappa shape index (κ1) is 56.8. The largest absolute Gasteiger partial charge is 0.0654 e. The van der Waals surface area contributed by atoms with Crippen LogP contribution in [0.3, 0.4) is 0 Å². The molecule has 0 aromatic carbocycles. The van der Waals surface area contributed by atoms with Gasteiger partial charge >= 0.3 is 0 Å². The normalized spacial score (nSPS) is 11.3. The summed E-state index contributed by atoms with van der Waals surface area (Å²) in [6.07, 6.45) is 63.0. The molecule has 0 saturated carbocycles. The third-order valence-corrected chi connectivity index (χ3v) is 17.7. The fraction of sp³-hybridized carbons (Fsp3) is 1.00. The Kier molecular flexibility index (Phi) is 59.7. The van der Waals surface area contributed by atoms with Gasteiger partial charge in [0.05, 0.1) is 37.0 Å². The molecule has 0 aliphatic rings. The van der Waals surface area contributed by atoms with Crippen LogP contribution >= 0.6 is 15.8 Å². The topological polar surface area (TPSA) is 0 Å². The summed E-state index contributed by atoms with van der Waals surface area (Å²) in [6.45, 7) is 13.9. The van der Waals surface area contributed by atoms with E-state index in [0.29, 0.717) is 0 Å². The van der Waals surface area contributed by atoms with Crippen molar-refractivity contribution in [2.45, 2.75) is 273 Å². The summed E-state index contributed by atoms with van der Waals surface area (Å²) in [7, 11) is -0.0444. The second-order valence-corrected chi connectivity index (χ2v) is 22.6. The molecular weight excluding hydrogens is 740 g/mol. The smallest absolute Gasteiger partial charge is 0.0571 e. The summed E-state index contributed by atoms with van der Waals surface area (Å²) in [5, 5.41) is 0. The standard InChI is InChI=1S/2C24H51P.Ru/c2*1-4-7-10-13-16-19-22-25(23-20-17-14-11-8-5-2)24-21-18-15-12-9-6-3;/h2*4-24H2,1-3H3;/p+2. The molecule has 0 fully saturated rings. The van der Waals surface area contributed by atoms with Gasteiger partial charge in [-0.05, 0) is 77.0 Å². The third-order valence-electron chi connectivity index (χ3n) is 11.3. The van der Waals surface area contributed by atoms with Crippen LogP contribution in [0.1, 0.15) is 273 Å². The van der Waals surface area contributed by atoms with E-state index in [4.69, 9.17) is 0 Å². The molecule has 312 valence electrons. The van der Waals surface area contributed by atoms with Gasteiger partial charge in [0, 0.05) is 35.3 Å². The van der Waals surface area contributed by atoms with E-state index in [1.54, 1.807) is 75.5 Å². The van der Waals surface area contributed by atoms with E-state index in [1.807, 2.05) is 0 Å². The Bertz CT molecular complexity index is 431. The van der Waals surface area contributed by atoms with Crippen molar-refractivity contribution >= 4 is 15.8 Å². The maximum absolute atomic E-state index is 2.32. The molecule has 0 unspecified atom stereocenters. The van der Waals surface area contributed by atoms with E-state index in [1.165, 1.54) is 193 Å². The monoisotopic (exact) mass is 845 g/mol. The Labute approximate surface area is 343 Å². The molecule has 51 heavy (non-hydrogen) atoms. The second kappa shape index (κ2) is 53.6. The Balaban J connectivity index is -0.000000886. The van der Waals surface area contributed by atoms with Gasteiger partial charge in [-0.15, -0.1) is 0 Å². The van der Waals surface area contributed by atoms with Crippen LogP contribution in [0.15, 0.2) is 0 Å². The average Bonchev–Trinajstić information content (AvgIpc) is 3.13. The van der Waals surface area contributed by atoms with Gasteiger partial charge in [-0.1, -0.05) is 196 Å². The molecule has 0 aliphatic carbocycles. The molecule has 0 nitrogen and oxygen atoms in total. The summed E-state index contributed by atoms with van der Waals surface area (Å²) >= 11 is 0. The van der Waals surface area contributed by atoms with E-state index in [2.05, 4.69) is 41.5 Å². The van der Waals surface area contributed by atoms with Gasteiger partial charge in [0.2, 0.25) is 0 Å². The molecule has 0 aliphatic heterocycles. The van der Waals surface area contributed by atoms with Crippen molar-refractivity contribution in [1.82, 2.24) is 0 Å². The van der Waals surface area contributed by atoms with E-state index in [-0.39, 0.29) is 35.3 Å². The van der Waals surface area contributed by atoms with Gasteiger partial charge in [-0.3, -0.25) is 0 Å². The summed E-state index contributed by atoms with van der Waals surface area (Å²) in [4.78, 5) is 0. The van der Waals surface area contributed by atoms with Crippen LogP contribution in [0.5, 0.6) is 0 Å². The van der Waals surface area contributed by atoms with Crippen molar-refractivity contribution in [1.29, 1.82) is 0 Å². The molecule has 0 atom stereocenters. The van der Waals surface area contributed by atoms with E-state index < -0.39 is 0 Å². The Morgan fingerprint density at radius 3 is 0.431 bits per heavy atom. The average molecular weight is 844 g/mol. The molecule has 0 aromatic heterocycles. The first-order valence-corrected chi connectivity index (χ1v) is 28.6. The summed E-state index contributed by atoms with van der Waals surface area (Å²) in [5.41, 5.74) is 0. The minimum absolute atomic E-state index is 0. The zero-order chi connectivity index (χ0) is 36.9. The van der Waals surface area contributed by atoms with E-state index in [9.17, 15) is 0 Å². The van der Waals surface area contributed by atoms with Crippen molar-refractivity contribution in [3.05, 3.63) is 0 Å². The van der Waals surface area contributed by atoms with Crippen molar-refractivity contribution in [2.75, 3.05) is 37.0 Å². The molecule has 0 spiro atoms. The van der Waals surface area contributed by atoms with Gasteiger partial charge in [0.25, 0.3) is 0 Å². The fourth-order valence-electron chi connectivity index (χ4n) is 7.68. The van der Waals surface area contributed by atoms with Crippen molar-refractivity contribution in [2.24, 2.45) is 0 Å². The molecular formula is C48H104P2Ru+2. The first-order valence-electron chi connectivity index (χ1n) is 24.4. The zero-order valence-electron chi connectivity index (χ0n) is 37.1. The number of hydrogen-bond donors (Lipinski definition) is 0. The van der Waals surface area contributed by atoms with Gasteiger partial charge in [0.1, 0.15) is 0 Å². The van der Waals surface area contributed by atoms with Crippen LogP contribution in [-0.2, 0) is 19.5 Å². The quantitative estimate of drug-likeness (QED) is 0.0326. The van der Waals surface area contributed by atoms with Crippen LogP contribution in [0.25, 0.3) is 0 Å². The molecule has 0 radical (unpaired) electrons. The Morgan fingerprint density at radius 2 is 0.294 bits per heavy atom. The van der Waals surface area contributed by atoms with Crippen molar-refractivity contribution in [3.8, 4) is 0 Å². The van der Waals surface area contributed by atoms with Gasteiger partial charge < -0.3 is 0 Å². The first-order chi connectivity index (χ1) is 24.7. The van der Waals surface area contributed by atoms with Crippen LogP contribution in [0, 0.1) is 0 Å². The molecule has 0 bridgehead atoms. The van der Waals surface area contributed by atoms with Gasteiger partial charge in [-0.25, -0.2) is 0 Å². The van der Waals surface area contributed by atoms with Crippen LogP contribution in [-0.4, -0.2) is 37.0 Å². The van der Waals surface area contributed by atoms with Crippen molar-refractivity contribution in [3.63, 3.8) is 0 Å². The number of unbranched alkanes of at least 4 members (excludes halogenated alkanes) is 30. The molecule has 0 N–H and O–H groups in total. The summed E-state index contributed by atoms with van der Waals surface area (Å²) in [6, 6.07) is 0. The van der Waals surface area contributed by atoms with E-state index in [0.717, 1.165) is 0 Å².